The van der Waals surface area contributed by atoms with Crippen LogP contribution in [0.3, 0.4) is 0 Å². The molecule has 25 heavy (non-hydrogen) atoms. The summed E-state index contributed by atoms with van der Waals surface area (Å²) in [6.45, 7) is 9.56. The van der Waals surface area contributed by atoms with Gasteiger partial charge in [0.2, 0.25) is 0 Å². The molecular formula is C23H28OS. The molecule has 1 unspecified atom stereocenters. The minimum atomic E-state index is 0.251. The summed E-state index contributed by atoms with van der Waals surface area (Å²) in [6.07, 6.45) is 7.08. The van der Waals surface area contributed by atoms with E-state index in [1.165, 1.54) is 47.3 Å². The van der Waals surface area contributed by atoms with Gasteiger partial charge < -0.3 is 0 Å². The van der Waals surface area contributed by atoms with Gasteiger partial charge in [0.25, 0.3) is 0 Å². The Hall–Kier alpha value is -1.41. The van der Waals surface area contributed by atoms with Gasteiger partial charge in [-0.1, -0.05) is 45.9 Å². The van der Waals surface area contributed by atoms with Gasteiger partial charge in [0.15, 0.2) is 6.29 Å². The summed E-state index contributed by atoms with van der Waals surface area (Å²) in [6, 6.07) is 9.40. The fourth-order valence-corrected chi connectivity index (χ4v) is 5.89. The van der Waals surface area contributed by atoms with E-state index in [0.29, 0.717) is 5.92 Å². The van der Waals surface area contributed by atoms with Crippen molar-refractivity contribution in [1.82, 2.24) is 0 Å². The van der Waals surface area contributed by atoms with E-state index in [2.05, 4.69) is 52.0 Å². The highest BCUT2D eigenvalue weighted by Gasteiger charge is 2.37. The Morgan fingerprint density at radius 3 is 2.48 bits per heavy atom. The number of aldehydes is 1. The van der Waals surface area contributed by atoms with E-state index in [1.54, 1.807) is 16.9 Å². The van der Waals surface area contributed by atoms with Crippen LogP contribution in [-0.2, 0) is 17.3 Å². The quantitative estimate of drug-likeness (QED) is 0.573. The zero-order valence-electron chi connectivity index (χ0n) is 15.8. The van der Waals surface area contributed by atoms with E-state index in [9.17, 15) is 4.79 Å². The van der Waals surface area contributed by atoms with Crippen LogP contribution in [-0.4, -0.2) is 6.29 Å². The second-order valence-corrected chi connectivity index (χ2v) is 10.3. The minimum absolute atomic E-state index is 0.251. The number of thiophene rings is 1. The predicted molar refractivity (Wildman–Crippen MR) is 106 cm³/mol. The van der Waals surface area contributed by atoms with Crippen LogP contribution in [0.4, 0.5) is 0 Å². The summed E-state index contributed by atoms with van der Waals surface area (Å²) in [5.41, 5.74) is 6.45. The standard InChI is InChI=1S/C23H28OS/c1-22(2)10-11-23(3,4)20-12-15(8-9-19(20)22)17-6-5-7-21-18(17)13-16(14-24)25-21/h8-9,12-14,17H,5-7,10-11H2,1-4H3. The summed E-state index contributed by atoms with van der Waals surface area (Å²) in [5, 5.41) is 0. The van der Waals surface area contributed by atoms with Crippen LogP contribution in [0, 0.1) is 0 Å². The van der Waals surface area contributed by atoms with Gasteiger partial charge in [-0.05, 0) is 71.3 Å². The summed E-state index contributed by atoms with van der Waals surface area (Å²) >= 11 is 1.69. The molecule has 0 N–H and O–H groups in total. The topological polar surface area (TPSA) is 17.1 Å². The predicted octanol–water partition coefficient (Wildman–Crippen LogP) is 6.38. The lowest BCUT2D eigenvalue weighted by atomic mass is 9.62. The summed E-state index contributed by atoms with van der Waals surface area (Å²) in [5.74, 6) is 0.458. The number of hydrogen-bond acceptors (Lipinski definition) is 2. The molecule has 1 atom stereocenters. The van der Waals surface area contributed by atoms with Crippen molar-refractivity contribution in [2.24, 2.45) is 0 Å². The first-order valence-electron chi connectivity index (χ1n) is 9.54. The molecule has 0 radical (unpaired) electrons. The first-order chi connectivity index (χ1) is 11.8. The van der Waals surface area contributed by atoms with Crippen LogP contribution in [0.25, 0.3) is 0 Å². The molecule has 2 aliphatic carbocycles. The second-order valence-electron chi connectivity index (χ2n) is 9.16. The van der Waals surface area contributed by atoms with Crippen molar-refractivity contribution in [3.63, 3.8) is 0 Å². The normalized spacial score (nSPS) is 23.6. The SMILES string of the molecule is CC1(C)CCC(C)(C)c2cc(C3CCCc4sc(C=O)cc43)ccc21. The molecule has 2 aromatic rings. The summed E-state index contributed by atoms with van der Waals surface area (Å²) < 4.78 is 0. The Kier molecular flexibility index (Phi) is 3.95. The number of rotatable bonds is 2. The fraction of sp³-hybridized carbons (Fsp3) is 0.522. The summed E-state index contributed by atoms with van der Waals surface area (Å²) in [4.78, 5) is 13.5. The van der Waals surface area contributed by atoms with Gasteiger partial charge >= 0.3 is 0 Å². The summed E-state index contributed by atoms with van der Waals surface area (Å²) in [7, 11) is 0. The van der Waals surface area contributed by atoms with E-state index < -0.39 is 0 Å². The highest BCUT2D eigenvalue weighted by molar-refractivity contribution is 7.13. The van der Waals surface area contributed by atoms with Crippen LogP contribution >= 0.6 is 11.3 Å². The van der Waals surface area contributed by atoms with E-state index in [0.717, 1.165) is 17.6 Å². The molecule has 1 aromatic heterocycles. The van der Waals surface area contributed by atoms with Crippen LogP contribution in [0.5, 0.6) is 0 Å². The number of hydrogen-bond donors (Lipinski definition) is 0. The Morgan fingerprint density at radius 1 is 1.04 bits per heavy atom. The molecule has 0 saturated carbocycles. The van der Waals surface area contributed by atoms with Crippen LogP contribution in [0.2, 0.25) is 0 Å². The maximum absolute atomic E-state index is 11.2. The van der Waals surface area contributed by atoms with Gasteiger partial charge in [-0.25, -0.2) is 0 Å². The molecule has 2 heteroatoms. The Labute approximate surface area is 155 Å². The zero-order chi connectivity index (χ0) is 17.8. The lowest BCUT2D eigenvalue weighted by Gasteiger charge is -2.42. The number of carbonyl (C=O) groups excluding carboxylic acids is 1. The zero-order valence-corrected chi connectivity index (χ0v) is 16.6. The van der Waals surface area contributed by atoms with Crippen molar-refractivity contribution in [2.75, 3.05) is 0 Å². The van der Waals surface area contributed by atoms with Gasteiger partial charge in [-0.15, -0.1) is 11.3 Å². The van der Waals surface area contributed by atoms with Gasteiger partial charge in [0.05, 0.1) is 4.88 Å². The van der Waals surface area contributed by atoms with Crippen LogP contribution in [0.1, 0.15) is 96.1 Å². The molecule has 0 spiro atoms. The smallest absolute Gasteiger partial charge is 0.160 e. The molecular weight excluding hydrogens is 324 g/mol. The molecule has 0 bridgehead atoms. The van der Waals surface area contributed by atoms with Crippen molar-refractivity contribution in [1.29, 1.82) is 0 Å². The Balaban J connectivity index is 1.81. The first-order valence-corrected chi connectivity index (χ1v) is 10.4. The second kappa shape index (κ2) is 5.81. The average Bonchev–Trinajstić information content (AvgIpc) is 3.02. The highest BCUT2D eigenvalue weighted by Crippen LogP contribution is 2.48. The molecule has 0 saturated heterocycles. The van der Waals surface area contributed by atoms with Gasteiger partial charge in [-0.2, -0.15) is 0 Å². The van der Waals surface area contributed by atoms with Gasteiger partial charge in [0, 0.05) is 10.8 Å². The van der Waals surface area contributed by atoms with Gasteiger partial charge in [-0.3, -0.25) is 4.79 Å². The third kappa shape index (κ3) is 2.79. The lowest BCUT2D eigenvalue weighted by Crippen LogP contribution is -2.34. The van der Waals surface area contributed by atoms with Crippen molar-refractivity contribution < 1.29 is 4.79 Å². The third-order valence-corrected chi connectivity index (χ3v) is 7.66. The molecule has 132 valence electrons. The van der Waals surface area contributed by atoms with E-state index in [1.807, 2.05) is 0 Å². The molecule has 1 nitrogen and oxygen atoms in total. The number of aryl methyl sites for hydroxylation is 1. The van der Waals surface area contributed by atoms with E-state index in [4.69, 9.17) is 0 Å². The fourth-order valence-electron chi connectivity index (χ4n) is 4.80. The Bertz CT molecular complexity index is 825. The molecule has 2 aliphatic rings. The third-order valence-electron chi connectivity index (χ3n) is 6.53. The van der Waals surface area contributed by atoms with Crippen molar-refractivity contribution in [3.8, 4) is 0 Å². The monoisotopic (exact) mass is 352 g/mol. The maximum atomic E-state index is 11.2. The molecule has 0 aliphatic heterocycles. The van der Waals surface area contributed by atoms with Crippen molar-refractivity contribution in [3.05, 3.63) is 56.3 Å². The first kappa shape index (κ1) is 17.0. The molecule has 0 amide bonds. The van der Waals surface area contributed by atoms with Gasteiger partial charge in [0.1, 0.15) is 0 Å². The van der Waals surface area contributed by atoms with Crippen LogP contribution < -0.4 is 0 Å². The average molecular weight is 353 g/mol. The Morgan fingerprint density at radius 2 is 1.76 bits per heavy atom. The van der Waals surface area contributed by atoms with E-state index >= 15 is 0 Å². The molecule has 1 heterocycles. The number of fused-ring (bicyclic) bond motifs is 2. The van der Waals surface area contributed by atoms with E-state index in [-0.39, 0.29) is 10.8 Å². The maximum Gasteiger partial charge on any atom is 0.160 e. The largest absolute Gasteiger partial charge is 0.297 e. The minimum Gasteiger partial charge on any atom is -0.297 e. The molecule has 1 aromatic carbocycles. The lowest BCUT2D eigenvalue weighted by molar-refractivity contribution is 0.112. The van der Waals surface area contributed by atoms with Crippen molar-refractivity contribution >= 4 is 17.6 Å². The highest BCUT2D eigenvalue weighted by atomic mass is 32.1. The van der Waals surface area contributed by atoms with Crippen molar-refractivity contribution in [2.45, 2.75) is 76.5 Å². The number of carbonyl (C=O) groups is 1. The molecule has 0 fully saturated rings. The van der Waals surface area contributed by atoms with Crippen LogP contribution in [0.15, 0.2) is 24.3 Å². The molecule has 4 rings (SSSR count). The number of benzene rings is 1.